The van der Waals surface area contributed by atoms with E-state index in [2.05, 4.69) is 32.0 Å². The lowest BCUT2D eigenvalue weighted by atomic mass is 9.89. The van der Waals surface area contributed by atoms with Gasteiger partial charge in [-0.1, -0.05) is 0 Å². The first-order chi connectivity index (χ1) is 15.0. The largest absolute Gasteiger partial charge is 0.346 e. The number of rotatable bonds is 4. The maximum Gasteiger partial charge on any atom is 0.236 e. The molecule has 1 N–H and O–H groups in total. The van der Waals surface area contributed by atoms with Crippen LogP contribution in [0, 0.1) is 0 Å². The third-order valence-electron chi connectivity index (χ3n) is 7.26. The number of nitrogens with one attached hydrogen (secondary N) is 1. The van der Waals surface area contributed by atoms with Crippen LogP contribution in [-0.4, -0.2) is 102 Å². The molecule has 2 aromatic heterocycles. The van der Waals surface area contributed by atoms with Crippen LogP contribution in [0.3, 0.4) is 0 Å². The second-order valence-corrected chi connectivity index (χ2v) is 11.4. The van der Waals surface area contributed by atoms with E-state index in [1.165, 1.54) is 10.9 Å². The van der Waals surface area contributed by atoms with Crippen molar-refractivity contribution in [1.29, 1.82) is 0 Å². The van der Waals surface area contributed by atoms with Gasteiger partial charge in [0.15, 0.2) is 9.84 Å². The van der Waals surface area contributed by atoms with Gasteiger partial charge in [-0.05, 0) is 56.0 Å². The van der Waals surface area contributed by atoms with Gasteiger partial charge >= 0.3 is 0 Å². The van der Waals surface area contributed by atoms with Crippen LogP contribution >= 0.6 is 0 Å². The first-order valence-electron chi connectivity index (χ1n) is 11.3. The van der Waals surface area contributed by atoms with Crippen LogP contribution in [0.15, 0.2) is 24.5 Å². The average molecular weight is 446 g/mol. The highest BCUT2D eigenvalue weighted by molar-refractivity contribution is 7.91. The second kappa shape index (κ2) is 8.52. The van der Waals surface area contributed by atoms with Crippen molar-refractivity contribution in [2.45, 2.75) is 31.2 Å². The standard InChI is InChI=1S/C22H31N5O3S/c28-21(27-11-9-26(10-12-27)18-5-13-31(29,30)16-18)15-25-7-3-17(4-8-25)20-14-24-22-19(20)2-1-6-23-22/h1-2,6,14,17-18H,3-5,7-13,15-16H2,(H,23,24). The quantitative estimate of drug-likeness (QED) is 0.757. The molecule has 1 atom stereocenters. The smallest absolute Gasteiger partial charge is 0.236 e. The number of carbonyl (C=O) groups is 1. The van der Waals surface area contributed by atoms with Crippen molar-refractivity contribution in [3.05, 3.63) is 30.1 Å². The number of fused-ring (bicyclic) bond motifs is 1. The molecule has 0 radical (unpaired) electrons. The Labute approximate surface area is 183 Å². The third-order valence-corrected chi connectivity index (χ3v) is 9.01. The number of hydrogen-bond donors (Lipinski definition) is 1. The highest BCUT2D eigenvalue weighted by Gasteiger charge is 2.34. The van der Waals surface area contributed by atoms with E-state index in [-0.39, 0.29) is 17.7 Å². The fourth-order valence-corrected chi connectivity index (χ4v) is 7.17. The van der Waals surface area contributed by atoms with E-state index in [9.17, 15) is 13.2 Å². The molecule has 3 aliphatic heterocycles. The number of piperidine rings is 1. The Balaban J connectivity index is 1.09. The van der Waals surface area contributed by atoms with Gasteiger partial charge in [0.1, 0.15) is 5.65 Å². The Hall–Kier alpha value is -1.97. The minimum atomic E-state index is -2.86. The molecule has 168 valence electrons. The summed E-state index contributed by atoms with van der Waals surface area (Å²) in [6.07, 6.45) is 6.75. The molecule has 1 unspecified atom stereocenters. The summed E-state index contributed by atoms with van der Waals surface area (Å²) in [6, 6.07) is 4.25. The van der Waals surface area contributed by atoms with E-state index in [0.29, 0.717) is 31.3 Å². The van der Waals surface area contributed by atoms with Gasteiger partial charge in [-0.25, -0.2) is 13.4 Å². The molecule has 0 aliphatic carbocycles. The van der Waals surface area contributed by atoms with Crippen molar-refractivity contribution < 1.29 is 13.2 Å². The predicted octanol–water partition coefficient (Wildman–Crippen LogP) is 1.07. The zero-order valence-electron chi connectivity index (χ0n) is 17.9. The monoisotopic (exact) mass is 445 g/mol. The van der Waals surface area contributed by atoms with Gasteiger partial charge in [0.05, 0.1) is 18.1 Å². The van der Waals surface area contributed by atoms with E-state index in [4.69, 9.17) is 0 Å². The molecule has 31 heavy (non-hydrogen) atoms. The fourth-order valence-electron chi connectivity index (χ4n) is 5.41. The highest BCUT2D eigenvalue weighted by atomic mass is 32.2. The number of sulfone groups is 1. The van der Waals surface area contributed by atoms with Crippen molar-refractivity contribution in [1.82, 2.24) is 24.7 Å². The first-order valence-corrected chi connectivity index (χ1v) is 13.2. The lowest BCUT2D eigenvalue weighted by Crippen LogP contribution is -2.54. The fraction of sp³-hybridized carbons (Fsp3) is 0.636. The molecule has 0 spiro atoms. The summed E-state index contributed by atoms with van der Waals surface area (Å²) in [5.74, 6) is 1.30. The summed E-state index contributed by atoms with van der Waals surface area (Å²) >= 11 is 0. The number of pyridine rings is 1. The van der Waals surface area contributed by atoms with Crippen molar-refractivity contribution >= 4 is 26.8 Å². The van der Waals surface area contributed by atoms with Crippen LogP contribution in [0.4, 0.5) is 0 Å². The van der Waals surface area contributed by atoms with Crippen LogP contribution in [-0.2, 0) is 14.6 Å². The normalized spacial score (nSPS) is 25.9. The third kappa shape index (κ3) is 4.49. The van der Waals surface area contributed by atoms with Gasteiger partial charge in [-0.3, -0.25) is 14.6 Å². The summed E-state index contributed by atoms with van der Waals surface area (Å²) in [6.45, 7) is 5.32. The molecule has 1 amide bonds. The minimum absolute atomic E-state index is 0.140. The second-order valence-electron chi connectivity index (χ2n) is 9.17. The SMILES string of the molecule is O=C(CN1CCC(c2c[nH]c3ncccc23)CC1)N1CCN(C2CCS(=O)(=O)C2)CC1. The Morgan fingerprint density at radius 2 is 1.87 bits per heavy atom. The number of nitrogens with zero attached hydrogens (tertiary/aromatic N) is 4. The molecule has 0 bridgehead atoms. The zero-order valence-corrected chi connectivity index (χ0v) is 18.7. The van der Waals surface area contributed by atoms with Crippen LogP contribution in [0.2, 0.25) is 0 Å². The van der Waals surface area contributed by atoms with Crippen LogP contribution in [0.1, 0.15) is 30.7 Å². The summed E-state index contributed by atoms with van der Waals surface area (Å²) in [4.78, 5) is 27.0. The van der Waals surface area contributed by atoms with Crippen molar-refractivity contribution in [2.24, 2.45) is 0 Å². The minimum Gasteiger partial charge on any atom is -0.346 e. The molecule has 8 nitrogen and oxygen atoms in total. The molecule has 3 fully saturated rings. The van der Waals surface area contributed by atoms with Crippen molar-refractivity contribution in [2.75, 3.05) is 57.3 Å². The van der Waals surface area contributed by atoms with E-state index in [0.717, 1.165) is 51.1 Å². The molecular weight excluding hydrogens is 414 g/mol. The Bertz CT molecular complexity index is 1040. The predicted molar refractivity (Wildman–Crippen MR) is 120 cm³/mol. The Morgan fingerprint density at radius 3 is 2.58 bits per heavy atom. The van der Waals surface area contributed by atoms with Gasteiger partial charge in [-0.15, -0.1) is 0 Å². The number of amides is 1. The van der Waals surface area contributed by atoms with E-state index >= 15 is 0 Å². The highest BCUT2D eigenvalue weighted by Crippen LogP contribution is 2.32. The maximum atomic E-state index is 12.8. The van der Waals surface area contributed by atoms with Gasteiger partial charge in [0, 0.05) is 50.0 Å². The summed E-state index contributed by atoms with van der Waals surface area (Å²) in [5.41, 5.74) is 2.29. The van der Waals surface area contributed by atoms with Gasteiger partial charge < -0.3 is 9.88 Å². The van der Waals surface area contributed by atoms with Gasteiger partial charge in [-0.2, -0.15) is 0 Å². The maximum absolute atomic E-state index is 12.8. The zero-order chi connectivity index (χ0) is 21.4. The number of H-pyrrole nitrogens is 1. The topological polar surface area (TPSA) is 89.6 Å². The van der Waals surface area contributed by atoms with Crippen molar-refractivity contribution in [3.8, 4) is 0 Å². The molecule has 0 aromatic carbocycles. The van der Waals surface area contributed by atoms with E-state index in [1.54, 1.807) is 0 Å². The molecule has 3 saturated heterocycles. The summed E-state index contributed by atoms with van der Waals surface area (Å²) in [5, 5.41) is 1.21. The molecule has 3 aliphatic rings. The first kappa shape index (κ1) is 20.9. The number of aromatic amines is 1. The number of carbonyl (C=O) groups excluding carboxylic acids is 1. The van der Waals surface area contributed by atoms with Crippen LogP contribution in [0.25, 0.3) is 11.0 Å². The number of piperazine rings is 1. The molecular formula is C22H31N5O3S. The summed E-state index contributed by atoms with van der Waals surface area (Å²) < 4.78 is 23.5. The van der Waals surface area contributed by atoms with Gasteiger partial charge in [0.25, 0.3) is 0 Å². The van der Waals surface area contributed by atoms with Gasteiger partial charge in [0.2, 0.25) is 5.91 Å². The molecule has 5 heterocycles. The van der Waals surface area contributed by atoms with Crippen LogP contribution in [0.5, 0.6) is 0 Å². The van der Waals surface area contributed by atoms with Crippen molar-refractivity contribution in [3.63, 3.8) is 0 Å². The molecule has 5 rings (SSSR count). The lowest BCUT2D eigenvalue weighted by Gasteiger charge is -2.39. The lowest BCUT2D eigenvalue weighted by molar-refractivity contribution is -0.134. The number of likely N-dealkylation sites (tertiary alicyclic amines) is 1. The molecule has 2 aromatic rings. The molecule has 9 heteroatoms. The number of hydrogen-bond acceptors (Lipinski definition) is 6. The molecule has 0 saturated carbocycles. The Kier molecular flexibility index (Phi) is 5.75. The summed E-state index contributed by atoms with van der Waals surface area (Å²) in [7, 11) is -2.86. The number of aromatic nitrogens is 2. The Morgan fingerprint density at radius 1 is 1.10 bits per heavy atom. The van der Waals surface area contributed by atoms with E-state index < -0.39 is 9.84 Å². The van der Waals surface area contributed by atoms with Crippen LogP contribution < -0.4 is 0 Å². The van der Waals surface area contributed by atoms with E-state index in [1.807, 2.05) is 17.2 Å². The average Bonchev–Trinajstić information content (AvgIpc) is 3.37.